The quantitative estimate of drug-likeness (QED) is 0.800. The first-order chi connectivity index (χ1) is 7.29. The molecular weight excluding hydrogens is 190 g/mol. The van der Waals surface area contributed by atoms with Crippen LogP contribution in [0, 0.1) is 0 Å². The van der Waals surface area contributed by atoms with E-state index >= 15 is 0 Å². The Bertz CT molecular complexity index is 374. The van der Waals surface area contributed by atoms with Gasteiger partial charge in [0.25, 0.3) is 0 Å². The summed E-state index contributed by atoms with van der Waals surface area (Å²) in [5, 5.41) is 0. The maximum atomic E-state index is 11.1. The highest BCUT2D eigenvalue weighted by atomic mass is 16.5. The number of aryl methyl sites for hydroxylation is 1. The van der Waals surface area contributed by atoms with Gasteiger partial charge in [-0.05, 0) is 23.6 Å². The van der Waals surface area contributed by atoms with Crippen LogP contribution < -0.4 is 10.5 Å². The van der Waals surface area contributed by atoms with E-state index < -0.39 is 0 Å². The number of hydrogen-bond acceptors (Lipinski definition) is 3. The first-order valence-electron chi connectivity index (χ1n) is 5.26. The Morgan fingerprint density at radius 2 is 2.33 bits per heavy atom. The Kier molecular flexibility index (Phi) is 3.02. The molecule has 0 radical (unpaired) electrons. The van der Waals surface area contributed by atoms with E-state index in [1.54, 1.807) is 0 Å². The van der Waals surface area contributed by atoms with Gasteiger partial charge in [0.15, 0.2) is 0 Å². The van der Waals surface area contributed by atoms with Gasteiger partial charge < -0.3 is 10.5 Å². The van der Waals surface area contributed by atoms with Crippen molar-refractivity contribution in [1.29, 1.82) is 0 Å². The Labute approximate surface area is 89.2 Å². The maximum Gasteiger partial charge on any atom is 0.146 e. The molecule has 1 heterocycles. The monoisotopic (exact) mass is 205 g/mol. The van der Waals surface area contributed by atoms with E-state index in [9.17, 15) is 4.79 Å². The number of ether oxygens (including phenoxy) is 1. The molecule has 1 aliphatic heterocycles. The molecular formula is C12H15NO2. The van der Waals surface area contributed by atoms with Crippen LogP contribution in [0.4, 0.5) is 0 Å². The van der Waals surface area contributed by atoms with Crippen LogP contribution >= 0.6 is 0 Å². The van der Waals surface area contributed by atoms with E-state index in [-0.39, 0.29) is 12.3 Å². The molecule has 15 heavy (non-hydrogen) atoms. The minimum Gasteiger partial charge on any atom is -0.493 e. The third kappa shape index (κ3) is 2.36. The van der Waals surface area contributed by atoms with E-state index in [1.165, 1.54) is 11.1 Å². The largest absolute Gasteiger partial charge is 0.493 e. The molecule has 80 valence electrons. The number of hydrogen-bond donors (Lipinski definition) is 1. The number of nitrogens with two attached hydrogens (primary N) is 1. The second kappa shape index (κ2) is 4.45. The van der Waals surface area contributed by atoms with Crippen molar-refractivity contribution >= 4 is 5.78 Å². The highest BCUT2D eigenvalue weighted by Crippen LogP contribution is 2.26. The predicted octanol–water partition coefficient (Wildman–Crippen LogP) is 1.08. The van der Waals surface area contributed by atoms with Crippen LogP contribution in [0.5, 0.6) is 5.75 Å². The highest BCUT2D eigenvalue weighted by Gasteiger charge is 2.12. The lowest BCUT2D eigenvalue weighted by molar-refractivity contribution is -0.117. The van der Waals surface area contributed by atoms with Crippen molar-refractivity contribution in [2.24, 2.45) is 5.73 Å². The number of benzene rings is 1. The minimum absolute atomic E-state index is 0.117. The summed E-state index contributed by atoms with van der Waals surface area (Å²) in [7, 11) is 0. The van der Waals surface area contributed by atoms with Gasteiger partial charge in [-0.15, -0.1) is 0 Å². The molecule has 3 nitrogen and oxygen atoms in total. The van der Waals surface area contributed by atoms with E-state index in [0.29, 0.717) is 6.42 Å². The summed E-state index contributed by atoms with van der Waals surface area (Å²) in [5.74, 6) is 1.11. The van der Waals surface area contributed by atoms with Gasteiger partial charge in [0.05, 0.1) is 13.2 Å². The van der Waals surface area contributed by atoms with Crippen LogP contribution in [0.2, 0.25) is 0 Å². The first kappa shape index (κ1) is 10.2. The van der Waals surface area contributed by atoms with Crippen molar-refractivity contribution in [2.75, 3.05) is 13.2 Å². The van der Waals surface area contributed by atoms with Gasteiger partial charge in [-0.1, -0.05) is 12.1 Å². The third-order valence-electron chi connectivity index (χ3n) is 2.67. The van der Waals surface area contributed by atoms with Crippen LogP contribution in [0.25, 0.3) is 0 Å². The fourth-order valence-corrected chi connectivity index (χ4v) is 1.78. The Morgan fingerprint density at radius 3 is 3.13 bits per heavy atom. The molecule has 1 aromatic rings. The average Bonchev–Trinajstić information content (AvgIpc) is 2.72. The Hall–Kier alpha value is -1.35. The fourth-order valence-electron chi connectivity index (χ4n) is 1.78. The van der Waals surface area contributed by atoms with Gasteiger partial charge in [0.1, 0.15) is 11.5 Å². The number of Topliss-reactive ketones (excluding diaryl/α,β-unsaturated/α-hetero) is 1. The topological polar surface area (TPSA) is 52.3 Å². The van der Waals surface area contributed by atoms with Crippen molar-refractivity contribution in [2.45, 2.75) is 19.3 Å². The van der Waals surface area contributed by atoms with Crippen LogP contribution in [0.15, 0.2) is 18.2 Å². The Balaban J connectivity index is 2.01. The van der Waals surface area contributed by atoms with Crippen molar-refractivity contribution in [1.82, 2.24) is 0 Å². The van der Waals surface area contributed by atoms with Gasteiger partial charge in [-0.3, -0.25) is 4.79 Å². The second-order valence-corrected chi connectivity index (χ2v) is 3.78. The molecule has 0 aromatic heterocycles. The summed E-state index contributed by atoms with van der Waals surface area (Å²) >= 11 is 0. The molecule has 1 aromatic carbocycles. The van der Waals surface area contributed by atoms with Crippen molar-refractivity contribution in [3.05, 3.63) is 29.3 Å². The van der Waals surface area contributed by atoms with Crippen molar-refractivity contribution < 1.29 is 9.53 Å². The van der Waals surface area contributed by atoms with Gasteiger partial charge in [0.2, 0.25) is 0 Å². The number of carbonyl (C=O) groups excluding carboxylic acids is 1. The lowest BCUT2D eigenvalue weighted by atomic mass is 10.0. The van der Waals surface area contributed by atoms with E-state index in [0.717, 1.165) is 25.2 Å². The van der Waals surface area contributed by atoms with Crippen LogP contribution in [0.1, 0.15) is 17.5 Å². The summed E-state index contributed by atoms with van der Waals surface area (Å²) in [6.07, 6.45) is 2.30. The molecule has 0 saturated heterocycles. The number of rotatable bonds is 4. The van der Waals surface area contributed by atoms with Crippen molar-refractivity contribution in [3.8, 4) is 5.75 Å². The lowest BCUT2D eigenvalue weighted by Crippen LogP contribution is -2.13. The second-order valence-electron chi connectivity index (χ2n) is 3.78. The smallest absolute Gasteiger partial charge is 0.146 e. The molecule has 2 rings (SSSR count). The molecule has 0 bridgehead atoms. The maximum absolute atomic E-state index is 11.1. The summed E-state index contributed by atoms with van der Waals surface area (Å²) in [6, 6.07) is 6.14. The summed E-state index contributed by atoms with van der Waals surface area (Å²) < 4.78 is 5.41. The lowest BCUT2D eigenvalue weighted by Gasteiger charge is -2.03. The van der Waals surface area contributed by atoms with E-state index in [4.69, 9.17) is 10.5 Å². The molecule has 0 unspecified atom stereocenters. The zero-order chi connectivity index (χ0) is 10.7. The standard InChI is InChI=1S/C12H15NO2/c13-8-11(14)3-1-9-2-4-12-10(7-9)5-6-15-12/h2,4,7H,1,3,5-6,8,13H2. The van der Waals surface area contributed by atoms with Gasteiger partial charge >= 0.3 is 0 Å². The Morgan fingerprint density at radius 1 is 1.47 bits per heavy atom. The molecule has 0 fully saturated rings. The zero-order valence-electron chi connectivity index (χ0n) is 8.66. The molecule has 0 saturated carbocycles. The summed E-state index contributed by atoms with van der Waals surface area (Å²) in [6.45, 7) is 0.925. The van der Waals surface area contributed by atoms with Crippen LogP contribution in [0.3, 0.4) is 0 Å². The molecule has 2 N–H and O–H groups in total. The van der Waals surface area contributed by atoms with Gasteiger partial charge in [-0.25, -0.2) is 0 Å². The number of fused-ring (bicyclic) bond motifs is 1. The third-order valence-corrected chi connectivity index (χ3v) is 2.67. The predicted molar refractivity (Wildman–Crippen MR) is 58.0 cm³/mol. The molecule has 0 aliphatic carbocycles. The number of ketones is 1. The SMILES string of the molecule is NCC(=O)CCc1ccc2c(c1)CCO2. The summed E-state index contributed by atoms with van der Waals surface area (Å²) in [5.41, 5.74) is 7.71. The molecule has 3 heteroatoms. The first-order valence-corrected chi connectivity index (χ1v) is 5.26. The van der Waals surface area contributed by atoms with Crippen LogP contribution in [-0.2, 0) is 17.6 Å². The minimum atomic E-state index is 0.117. The van der Waals surface area contributed by atoms with E-state index in [1.807, 2.05) is 12.1 Å². The normalized spacial score (nSPS) is 13.4. The molecule has 0 atom stereocenters. The molecule has 1 aliphatic rings. The van der Waals surface area contributed by atoms with Gasteiger partial charge in [0, 0.05) is 12.8 Å². The van der Waals surface area contributed by atoms with Crippen LogP contribution in [-0.4, -0.2) is 18.9 Å². The molecule has 0 amide bonds. The van der Waals surface area contributed by atoms with Crippen molar-refractivity contribution in [3.63, 3.8) is 0 Å². The fraction of sp³-hybridized carbons (Fsp3) is 0.417. The number of carbonyl (C=O) groups is 1. The van der Waals surface area contributed by atoms with Gasteiger partial charge in [-0.2, -0.15) is 0 Å². The highest BCUT2D eigenvalue weighted by molar-refractivity contribution is 5.80. The zero-order valence-corrected chi connectivity index (χ0v) is 8.66. The molecule has 0 spiro atoms. The summed E-state index contributed by atoms with van der Waals surface area (Å²) in [4.78, 5) is 11.1. The van der Waals surface area contributed by atoms with E-state index in [2.05, 4.69) is 6.07 Å². The average molecular weight is 205 g/mol.